The van der Waals surface area contributed by atoms with Gasteiger partial charge in [-0.1, -0.05) is 44.0 Å². The molecule has 1 unspecified atom stereocenters. The molecule has 1 saturated heterocycles. The fourth-order valence-corrected chi connectivity index (χ4v) is 3.36. The van der Waals surface area contributed by atoms with Crippen LogP contribution in [0.3, 0.4) is 0 Å². The molecule has 2 atom stereocenters. The van der Waals surface area contributed by atoms with Crippen molar-refractivity contribution in [1.29, 1.82) is 0 Å². The minimum Gasteiger partial charge on any atom is -0.314 e. The number of piperazine rings is 1. The Balaban J connectivity index is 0.00000200. The second kappa shape index (κ2) is 9.91. The molecule has 2 rings (SSSR count). The number of rotatable bonds is 4. The number of hydrogen-bond acceptors (Lipinski definition) is 2. The van der Waals surface area contributed by atoms with Gasteiger partial charge in [0.1, 0.15) is 0 Å². The zero-order valence-corrected chi connectivity index (χ0v) is 15.5. The minimum atomic E-state index is 0. The van der Waals surface area contributed by atoms with Gasteiger partial charge in [-0.25, -0.2) is 0 Å². The molecule has 5 heteroatoms. The van der Waals surface area contributed by atoms with Crippen molar-refractivity contribution >= 4 is 36.4 Å². The predicted octanol–water partition coefficient (Wildman–Crippen LogP) is 4.48. The third-order valence-electron chi connectivity index (χ3n) is 4.29. The van der Waals surface area contributed by atoms with Crippen LogP contribution in [0.5, 0.6) is 0 Å². The highest BCUT2D eigenvalue weighted by Gasteiger charge is 2.28. The number of benzene rings is 1. The summed E-state index contributed by atoms with van der Waals surface area (Å²) in [5.41, 5.74) is 2.65. The van der Waals surface area contributed by atoms with Crippen molar-refractivity contribution in [2.45, 2.75) is 33.2 Å². The fourth-order valence-electron chi connectivity index (χ4n) is 3.03. The van der Waals surface area contributed by atoms with Crippen LogP contribution in [-0.4, -0.2) is 31.1 Å². The average molecular weight is 354 g/mol. The summed E-state index contributed by atoms with van der Waals surface area (Å²) < 4.78 is 0. The van der Waals surface area contributed by atoms with Crippen LogP contribution in [0.1, 0.15) is 37.4 Å². The van der Waals surface area contributed by atoms with Gasteiger partial charge in [0, 0.05) is 37.2 Å². The van der Waals surface area contributed by atoms with Crippen molar-refractivity contribution in [3.05, 3.63) is 34.3 Å². The molecule has 21 heavy (non-hydrogen) atoms. The van der Waals surface area contributed by atoms with E-state index in [0.717, 1.165) is 31.2 Å². The molecule has 2 nitrogen and oxygen atoms in total. The lowest BCUT2D eigenvalue weighted by Gasteiger charge is -2.39. The lowest BCUT2D eigenvalue weighted by atomic mass is 9.88. The third kappa shape index (κ3) is 5.01. The lowest BCUT2D eigenvalue weighted by molar-refractivity contribution is 0.128. The van der Waals surface area contributed by atoms with Crippen LogP contribution in [0.15, 0.2) is 18.2 Å². The van der Waals surface area contributed by atoms with Crippen molar-refractivity contribution in [2.24, 2.45) is 5.92 Å². The second-order valence-corrected chi connectivity index (χ2v) is 5.99. The van der Waals surface area contributed by atoms with Gasteiger partial charge in [-0.3, -0.25) is 4.90 Å². The van der Waals surface area contributed by atoms with Gasteiger partial charge in [0.05, 0.1) is 0 Å². The summed E-state index contributed by atoms with van der Waals surface area (Å²) in [6.07, 6.45) is 1.18. The van der Waals surface area contributed by atoms with Crippen molar-refractivity contribution in [3.8, 4) is 0 Å². The van der Waals surface area contributed by atoms with Gasteiger partial charge in [0.15, 0.2) is 0 Å². The summed E-state index contributed by atoms with van der Waals surface area (Å²) in [6, 6.07) is 6.70. The summed E-state index contributed by atoms with van der Waals surface area (Å²) in [5, 5.41) is 4.35. The highest BCUT2D eigenvalue weighted by atomic mass is 35.5. The Morgan fingerprint density at radius 3 is 2.38 bits per heavy atom. The van der Waals surface area contributed by atoms with E-state index in [1.807, 2.05) is 12.1 Å². The van der Waals surface area contributed by atoms with E-state index in [1.165, 1.54) is 17.5 Å². The molecule has 1 aromatic carbocycles. The lowest BCUT2D eigenvalue weighted by Crippen LogP contribution is -2.46. The highest BCUT2D eigenvalue weighted by Crippen LogP contribution is 2.37. The van der Waals surface area contributed by atoms with Crippen LogP contribution in [0, 0.1) is 12.8 Å². The van der Waals surface area contributed by atoms with Gasteiger partial charge in [-0.05, 0) is 30.0 Å². The van der Waals surface area contributed by atoms with Crippen LogP contribution in [0.2, 0.25) is 5.02 Å². The average Bonchev–Trinajstić information content (AvgIpc) is 2.43. The molecule has 0 radical (unpaired) electrons. The van der Waals surface area contributed by atoms with Crippen LogP contribution in [-0.2, 0) is 0 Å². The van der Waals surface area contributed by atoms with E-state index in [4.69, 9.17) is 11.6 Å². The quantitative estimate of drug-likeness (QED) is 0.858. The van der Waals surface area contributed by atoms with Gasteiger partial charge in [0.2, 0.25) is 0 Å². The Morgan fingerprint density at radius 2 is 1.86 bits per heavy atom. The topological polar surface area (TPSA) is 15.3 Å². The Hall–Kier alpha value is 0.01000. The molecule has 0 aromatic heterocycles. The molecule has 0 spiro atoms. The summed E-state index contributed by atoms with van der Waals surface area (Å²) in [7, 11) is 0. The van der Waals surface area contributed by atoms with Crippen LogP contribution in [0.4, 0.5) is 0 Å². The third-order valence-corrected chi connectivity index (χ3v) is 4.62. The molecule has 1 aliphatic heterocycles. The molecule has 0 amide bonds. The maximum Gasteiger partial charge on any atom is 0.0456 e. The first kappa shape index (κ1) is 21.0. The largest absolute Gasteiger partial charge is 0.314 e. The Bertz CT molecular complexity index is 400. The van der Waals surface area contributed by atoms with E-state index in [-0.39, 0.29) is 24.8 Å². The van der Waals surface area contributed by atoms with E-state index in [1.54, 1.807) is 0 Å². The SMILES string of the molecule is CCC(C)[C@@H](c1c(C)cccc1Cl)N1CCNCC1.Cl.Cl. The maximum absolute atomic E-state index is 6.50. The molecule has 1 N–H and O–H groups in total. The number of nitrogens with zero attached hydrogens (tertiary/aromatic N) is 1. The predicted molar refractivity (Wildman–Crippen MR) is 97.3 cm³/mol. The van der Waals surface area contributed by atoms with Gasteiger partial charge < -0.3 is 5.32 Å². The van der Waals surface area contributed by atoms with Crippen molar-refractivity contribution in [1.82, 2.24) is 10.2 Å². The molecule has 1 aliphatic rings. The van der Waals surface area contributed by atoms with Crippen molar-refractivity contribution in [2.75, 3.05) is 26.2 Å². The van der Waals surface area contributed by atoms with Gasteiger partial charge in [0.25, 0.3) is 0 Å². The van der Waals surface area contributed by atoms with E-state index in [9.17, 15) is 0 Å². The maximum atomic E-state index is 6.50. The monoisotopic (exact) mass is 352 g/mol. The second-order valence-electron chi connectivity index (χ2n) is 5.59. The Kier molecular flexibility index (Phi) is 9.92. The highest BCUT2D eigenvalue weighted by molar-refractivity contribution is 6.31. The summed E-state index contributed by atoms with van der Waals surface area (Å²) >= 11 is 6.50. The van der Waals surface area contributed by atoms with Crippen LogP contribution < -0.4 is 5.32 Å². The molecular weight excluding hydrogens is 327 g/mol. The first-order valence-corrected chi connectivity index (χ1v) is 7.72. The molecule has 0 saturated carbocycles. The van der Waals surface area contributed by atoms with Gasteiger partial charge in [-0.2, -0.15) is 0 Å². The van der Waals surface area contributed by atoms with E-state index >= 15 is 0 Å². The Labute approximate surface area is 146 Å². The van der Waals surface area contributed by atoms with Crippen molar-refractivity contribution in [3.63, 3.8) is 0 Å². The minimum absolute atomic E-state index is 0. The first-order chi connectivity index (χ1) is 9.15. The van der Waals surface area contributed by atoms with E-state index in [2.05, 4.69) is 37.1 Å². The Morgan fingerprint density at radius 1 is 1.24 bits per heavy atom. The van der Waals surface area contributed by atoms with E-state index in [0.29, 0.717) is 12.0 Å². The smallest absolute Gasteiger partial charge is 0.0456 e. The standard InChI is InChI=1S/C16H25ClN2.2ClH/c1-4-12(2)16(19-10-8-18-9-11-19)15-13(3)6-5-7-14(15)17;;/h5-7,12,16,18H,4,8-11H2,1-3H3;2*1H/t12?,16-;;/m0../s1. The van der Waals surface area contributed by atoms with Crippen LogP contribution in [0.25, 0.3) is 0 Å². The van der Waals surface area contributed by atoms with Gasteiger partial charge in [-0.15, -0.1) is 24.8 Å². The molecule has 1 aromatic rings. The number of aryl methyl sites for hydroxylation is 1. The summed E-state index contributed by atoms with van der Waals surface area (Å²) in [4.78, 5) is 2.60. The zero-order valence-electron chi connectivity index (χ0n) is 13.1. The number of halogens is 3. The van der Waals surface area contributed by atoms with Crippen molar-refractivity contribution < 1.29 is 0 Å². The molecule has 122 valence electrons. The molecule has 1 fully saturated rings. The molecular formula is C16H27Cl3N2. The molecule has 0 bridgehead atoms. The number of nitrogens with one attached hydrogen (secondary N) is 1. The number of hydrogen-bond donors (Lipinski definition) is 1. The summed E-state index contributed by atoms with van der Waals surface area (Å²) in [5.74, 6) is 0.622. The van der Waals surface area contributed by atoms with E-state index < -0.39 is 0 Å². The first-order valence-electron chi connectivity index (χ1n) is 7.35. The fraction of sp³-hybridized carbons (Fsp3) is 0.625. The zero-order chi connectivity index (χ0) is 13.8. The van der Waals surface area contributed by atoms with Crippen LogP contribution >= 0.6 is 36.4 Å². The summed E-state index contributed by atoms with van der Waals surface area (Å²) in [6.45, 7) is 11.2. The molecule has 0 aliphatic carbocycles. The van der Waals surface area contributed by atoms with Gasteiger partial charge >= 0.3 is 0 Å². The molecule has 1 heterocycles. The normalized spacial score (nSPS) is 18.3.